The summed E-state index contributed by atoms with van der Waals surface area (Å²) in [7, 11) is 0. The molecule has 146 valence electrons. The molecular formula is C21H23N3O4. The summed E-state index contributed by atoms with van der Waals surface area (Å²) in [6.07, 6.45) is 0.912. The number of benzene rings is 2. The Morgan fingerprint density at radius 3 is 2.36 bits per heavy atom. The Bertz CT molecular complexity index is 811. The first kappa shape index (κ1) is 19.4. The standard InChI is InChI=1S/C21H23N3O4/c25-19(17-10-5-2-6-11-17)22-23-20(26)18-12-7-13-24(14-18)21(27)28-15-16-8-3-1-4-9-16/h1-6,8-11,18H,7,12-15H2,(H,22,25)(H,23,26). The zero-order valence-electron chi connectivity index (χ0n) is 15.5. The lowest BCUT2D eigenvalue weighted by Crippen LogP contribution is -2.50. The van der Waals surface area contributed by atoms with Gasteiger partial charge in [-0.2, -0.15) is 0 Å². The van der Waals surface area contributed by atoms with E-state index in [1.54, 1.807) is 24.3 Å². The summed E-state index contributed by atoms with van der Waals surface area (Å²) in [5.74, 6) is -1.09. The predicted octanol–water partition coefficient (Wildman–Crippen LogP) is 2.50. The number of hydrazine groups is 1. The van der Waals surface area contributed by atoms with Gasteiger partial charge in [-0.25, -0.2) is 4.79 Å². The summed E-state index contributed by atoms with van der Waals surface area (Å²) >= 11 is 0. The third-order valence-corrected chi connectivity index (χ3v) is 4.59. The van der Waals surface area contributed by atoms with E-state index in [0.29, 0.717) is 24.9 Å². The van der Waals surface area contributed by atoms with E-state index in [4.69, 9.17) is 4.74 Å². The summed E-state index contributed by atoms with van der Waals surface area (Å²) < 4.78 is 5.34. The van der Waals surface area contributed by atoms with E-state index in [0.717, 1.165) is 5.56 Å². The number of hydrogen-bond donors (Lipinski definition) is 2. The van der Waals surface area contributed by atoms with Crippen LogP contribution in [0.5, 0.6) is 0 Å². The molecule has 1 fully saturated rings. The van der Waals surface area contributed by atoms with Gasteiger partial charge in [0.2, 0.25) is 5.91 Å². The Hall–Kier alpha value is -3.35. The molecule has 3 amide bonds. The first-order valence-corrected chi connectivity index (χ1v) is 9.24. The van der Waals surface area contributed by atoms with Crippen LogP contribution in [0.2, 0.25) is 0 Å². The van der Waals surface area contributed by atoms with Gasteiger partial charge in [0, 0.05) is 18.7 Å². The first-order valence-electron chi connectivity index (χ1n) is 9.24. The molecule has 1 aliphatic heterocycles. The molecule has 7 nitrogen and oxygen atoms in total. The van der Waals surface area contributed by atoms with Gasteiger partial charge in [-0.05, 0) is 30.5 Å². The maximum Gasteiger partial charge on any atom is 0.410 e. The second-order valence-electron chi connectivity index (χ2n) is 6.63. The van der Waals surface area contributed by atoms with E-state index >= 15 is 0 Å². The molecule has 1 saturated heterocycles. The molecule has 2 aromatic rings. The number of nitrogens with zero attached hydrogens (tertiary/aromatic N) is 1. The molecule has 0 saturated carbocycles. The largest absolute Gasteiger partial charge is 0.445 e. The highest BCUT2D eigenvalue weighted by Gasteiger charge is 2.29. The van der Waals surface area contributed by atoms with E-state index in [9.17, 15) is 14.4 Å². The van der Waals surface area contributed by atoms with E-state index in [1.807, 2.05) is 36.4 Å². The Morgan fingerprint density at radius 1 is 0.964 bits per heavy atom. The van der Waals surface area contributed by atoms with Crippen molar-refractivity contribution in [3.63, 3.8) is 0 Å². The minimum absolute atomic E-state index is 0.195. The molecule has 1 heterocycles. The van der Waals surface area contributed by atoms with Crippen LogP contribution < -0.4 is 10.9 Å². The highest BCUT2D eigenvalue weighted by Crippen LogP contribution is 2.17. The van der Waals surface area contributed by atoms with Crippen LogP contribution in [0.25, 0.3) is 0 Å². The number of nitrogens with one attached hydrogen (secondary N) is 2. The van der Waals surface area contributed by atoms with Crippen LogP contribution >= 0.6 is 0 Å². The van der Waals surface area contributed by atoms with Gasteiger partial charge in [0.05, 0.1) is 5.92 Å². The lowest BCUT2D eigenvalue weighted by atomic mass is 9.98. The normalized spacial score (nSPS) is 16.1. The highest BCUT2D eigenvalue weighted by atomic mass is 16.6. The van der Waals surface area contributed by atoms with Crippen molar-refractivity contribution in [3.8, 4) is 0 Å². The van der Waals surface area contributed by atoms with Crippen LogP contribution in [0.15, 0.2) is 60.7 Å². The van der Waals surface area contributed by atoms with Crippen LogP contribution in [-0.4, -0.2) is 35.9 Å². The number of ether oxygens (including phenoxy) is 1. The van der Waals surface area contributed by atoms with Crippen LogP contribution in [0.3, 0.4) is 0 Å². The monoisotopic (exact) mass is 381 g/mol. The summed E-state index contributed by atoms with van der Waals surface area (Å²) in [5, 5.41) is 0. The Labute approximate surface area is 163 Å². The van der Waals surface area contributed by atoms with Gasteiger partial charge >= 0.3 is 6.09 Å². The molecular weight excluding hydrogens is 358 g/mol. The average molecular weight is 381 g/mol. The molecule has 3 rings (SSSR count). The van der Waals surface area contributed by atoms with Crippen LogP contribution in [0, 0.1) is 5.92 Å². The number of carbonyl (C=O) groups is 3. The van der Waals surface area contributed by atoms with Crippen LogP contribution in [-0.2, 0) is 16.1 Å². The van der Waals surface area contributed by atoms with Gasteiger partial charge in [-0.15, -0.1) is 0 Å². The second kappa shape index (κ2) is 9.55. The Balaban J connectivity index is 1.46. The molecule has 7 heteroatoms. The maximum atomic E-state index is 12.4. The van der Waals surface area contributed by atoms with Crippen molar-refractivity contribution in [1.82, 2.24) is 15.8 Å². The zero-order valence-corrected chi connectivity index (χ0v) is 15.5. The first-order chi connectivity index (χ1) is 13.6. The third-order valence-electron chi connectivity index (χ3n) is 4.59. The topological polar surface area (TPSA) is 87.7 Å². The molecule has 28 heavy (non-hydrogen) atoms. The maximum absolute atomic E-state index is 12.4. The molecule has 1 aliphatic rings. The lowest BCUT2D eigenvalue weighted by Gasteiger charge is -2.31. The van der Waals surface area contributed by atoms with Crippen molar-refractivity contribution in [2.75, 3.05) is 13.1 Å². The molecule has 0 radical (unpaired) electrons. The third kappa shape index (κ3) is 5.33. The SMILES string of the molecule is O=C(NNC(=O)C1CCCN(C(=O)OCc2ccccc2)C1)c1ccccc1. The molecule has 0 aromatic heterocycles. The molecule has 1 atom stereocenters. The fourth-order valence-corrected chi connectivity index (χ4v) is 3.05. The summed E-state index contributed by atoms with van der Waals surface area (Å²) in [5.41, 5.74) is 6.23. The number of likely N-dealkylation sites (tertiary alicyclic amines) is 1. The number of amides is 3. The van der Waals surface area contributed by atoms with Crippen molar-refractivity contribution in [2.45, 2.75) is 19.4 Å². The Kier molecular flexibility index (Phi) is 6.62. The van der Waals surface area contributed by atoms with Gasteiger partial charge < -0.3 is 9.64 Å². The average Bonchev–Trinajstić information content (AvgIpc) is 2.77. The molecule has 1 unspecified atom stereocenters. The van der Waals surface area contributed by atoms with Crippen molar-refractivity contribution < 1.29 is 19.1 Å². The Morgan fingerprint density at radius 2 is 1.64 bits per heavy atom. The van der Waals surface area contributed by atoms with E-state index in [-0.39, 0.29) is 25.0 Å². The van der Waals surface area contributed by atoms with Gasteiger partial charge in [0.15, 0.2) is 0 Å². The fourth-order valence-electron chi connectivity index (χ4n) is 3.05. The smallest absolute Gasteiger partial charge is 0.410 e. The summed E-state index contributed by atoms with van der Waals surface area (Å²) in [6, 6.07) is 18.1. The van der Waals surface area contributed by atoms with E-state index in [2.05, 4.69) is 10.9 Å². The molecule has 0 bridgehead atoms. The number of piperidine rings is 1. The minimum atomic E-state index is -0.435. The molecule has 2 aromatic carbocycles. The lowest BCUT2D eigenvalue weighted by molar-refractivity contribution is -0.127. The summed E-state index contributed by atoms with van der Waals surface area (Å²) in [4.78, 5) is 38.2. The fraction of sp³-hybridized carbons (Fsp3) is 0.286. The highest BCUT2D eigenvalue weighted by molar-refractivity contribution is 5.95. The van der Waals surface area contributed by atoms with Crippen LogP contribution in [0.4, 0.5) is 4.79 Å². The number of carbonyl (C=O) groups excluding carboxylic acids is 3. The second-order valence-corrected chi connectivity index (χ2v) is 6.63. The van der Waals surface area contributed by atoms with Crippen molar-refractivity contribution in [3.05, 3.63) is 71.8 Å². The molecule has 0 aliphatic carbocycles. The van der Waals surface area contributed by atoms with E-state index < -0.39 is 12.0 Å². The zero-order chi connectivity index (χ0) is 19.8. The van der Waals surface area contributed by atoms with Crippen LogP contribution in [0.1, 0.15) is 28.8 Å². The van der Waals surface area contributed by atoms with Gasteiger partial charge in [0.1, 0.15) is 6.61 Å². The van der Waals surface area contributed by atoms with Crippen molar-refractivity contribution in [2.24, 2.45) is 5.92 Å². The van der Waals surface area contributed by atoms with Gasteiger partial charge in [0.25, 0.3) is 5.91 Å². The summed E-state index contributed by atoms with van der Waals surface area (Å²) in [6.45, 7) is 1.01. The molecule has 2 N–H and O–H groups in total. The van der Waals surface area contributed by atoms with Gasteiger partial charge in [-0.3, -0.25) is 20.4 Å². The van der Waals surface area contributed by atoms with E-state index in [1.165, 1.54) is 4.90 Å². The van der Waals surface area contributed by atoms with Crippen molar-refractivity contribution in [1.29, 1.82) is 0 Å². The predicted molar refractivity (Wildman–Crippen MR) is 103 cm³/mol. The molecule has 0 spiro atoms. The minimum Gasteiger partial charge on any atom is -0.445 e. The quantitative estimate of drug-likeness (QED) is 0.797. The number of hydrogen-bond acceptors (Lipinski definition) is 4. The van der Waals surface area contributed by atoms with Gasteiger partial charge in [-0.1, -0.05) is 48.5 Å². The van der Waals surface area contributed by atoms with Crippen molar-refractivity contribution >= 4 is 17.9 Å². The number of rotatable bonds is 4.